The van der Waals surface area contributed by atoms with E-state index in [4.69, 9.17) is 0 Å². The summed E-state index contributed by atoms with van der Waals surface area (Å²) in [5.74, 6) is 0.740. The van der Waals surface area contributed by atoms with Crippen molar-refractivity contribution >= 4 is 11.9 Å². The van der Waals surface area contributed by atoms with E-state index >= 15 is 0 Å². The molecule has 0 spiro atoms. The lowest BCUT2D eigenvalue weighted by Gasteiger charge is -2.27. The molecule has 0 bridgehead atoms. The van der Waals surface area contributed by atoms with Crippen LogP contribution in [0.25, 0.3) is 0 Å². The van der Waals surface area contributed by atoms with Gasteiger partial charge in [0, 0.05) is 39.1 Å². The number of aliphatic imine (C=N–C) groups is 1. The highest BCUT2D eigenvalue weighted by Gasteiger charge is 2.30. The van der Waals surface area contributed by atoms with Gasteiger partial charge in [0.1, 0.15) is 0 Å². The molecule has 1 atom stereocenters. The summed E-state index contributed by atoms with van der Waals surface area (Å²) in [7, 11) is 1.61. The largest absolute Gasteiger partial charge is 0.416 e. The molecule has 1 heterocycles. The number of carbonyl (C=O) groups excluding carboxylic acids is 1. The van der Waals surface area contributed by atoms with Crippen molar-refractivity contribution in [3.05, 3.63) is 35.4 Å². The van der Waals surface area contributed by atoms with E-state index in [9.17, 15) is 18.0 Å². The van der Waals surface area contributed by atoms with Crippen molar-refractivity contribution in [1.29, 1.82) is 0 Å². The summed E-state index contributed by atoms with van der Waals surface area (Å²) < 4.78 is 38.3. The minimum Gasteiger partial charge on any atom is -0.356 e. The van der Waals surface area contributed by atoms with E-state index in [1.54, 1.807) is 13.1 Å². The summed E-state index contributed by atoms with van der Waals surface area (Å²) in [6.07, 6.45) is -1.11. The van der Waals surface area contributed by atoms with E-state index in [-0.39, 0.29) is 18.5 Å². The Bertz CT molecular complexity index is 661. The van der Waals surface area contributed by atoms with Crippen LogP contribution in [0.4, 0.5) is 13.2 Å². The zero-order valence-electron chi connectivity index (χ0n) is 15.8. The highest BCUT2D eigenvalue weighted by atomic mass is 19.4. The standard InChI is InChI=1S/C19H27F3N4O/c1-3-16(26-11-5-8-17(26)27)9-10-24-18(23-2)25-13-14-6-4-7-15(12-14)19(20,21)22/h4,6-7,12,16H,3,5,8-11,13H2,1-2H3,(H2,23,24,25). The first kappa shape index (κ1) is 21.1. The van der Waals surface area contributed by atoms with Gasteiger partial charge in [0.05, 0.1) is 5.56 Å². The molecule has 2 N–H and O–H groups in total. The second kappa shape index (κ2) is 9.62. The van der Waals surface area contributed by atoms with Gasteiger partial charge < -0.3 is 15.5 Å². The fourth-order valence-corrected chi connectivity index (χ4v) is 3.26. The van der Waals surface area contributed by atoms with Gasteiger partial charge >= 0.3 is 6.18 Å². The van der Waals surface area contributed by atoms with Crippen LogP contribution in [0.3, 0.4) is 0 Å². The predicted octanol–water partition coefficient (Wildman–Crippen LogP) is 3.16. The van der Waals surface area contributed by atoms with Crippen LogP contribution in [0, 0.1) is 0 Å². The van der Waals surface area contributed by atoms with Crippen molar-refractivity contribution in [3.63, 3.8) is 0 Å². The molecule has 0 saturated carbocycles. The van der Waals surface area contributed by atoms with Crippen LogP contribution in [0.15, 0.2) is 29.3 Å². The summed E-state index contributed by atoms with van der Waals surface area (Å²) in [5.41, 5.74) is -0.132. The number of nitrogens with zero attached hydrogens (tertiary/aromatic N) is 2. The highest BCUT2D eigenvalue weighted by Crippen LogP contribution is 2.29. The number of alkyl halides is 3. The monoisotopic (exact) mass is 384 g/mol. The van der Waals surface area contributed by atoms with Crippen molar-refractivity contribution in [2.45, 2.75) is 51.4 Å². The Labute approximate surface area is 158 Å². The molecule has 1 unspecified atom stereocenters. The number of carbonyl (C=O) groups is 1. The molecule has 2 rings (SSSR count). The highest BCUT2D eigenvalue weighted by molar-refractivity contribution is 5.79. The van der Waals surface area contributed by atoms with E-state index in [0.29, 0.717) is 24.5 Å². The second-order valence-corrected chi connectivity index (χ2v) is 6.59. The number of hydrogen-bond donors (Lipinski definition) is 2. The Kier molecular flexibility index (Phi) is 7.50. The lowest BCUT2D eigenvalue weighted by molar-refractivity contribution is -0.137. The number of amides is 1. The Morgan fingerprint density at radius 3 is 2.70 bits per heavy atom. The molecule has 1 aliphatic rings. The summed E-state index contributed by atoms with van der Waals surface area (Å²) in [4.78, 5) is 17.9. The minimum atomic E-state index is -4.35. The fourth-order valence-electron chi connectivity index (χ4n) is 3.26. The van der Waals surface area contributed by atoms with Crippen LogP contribution in [0.1, 0.15) is 43.7 Å². The van der Waals surface area contributed by atoms with Crippen LogP contribution in [-0.4, -0.2) is 42.9 Å². The van der Waals surface area contributed by atoms with Crippen molar-refractivity contribution in [1.82, 2.24) is 15.5 Å². The molecule has 1 amide bonds. The number of likely N-dealkylation sites (tertiary alicyclic amines) is 1. The van der Waals surface area contributed by atoms with Gasteiger partial charge in [0.25, 0.3) is 0 Å². The van der Waals surface area contributed by atoms with Crippen molar-refractivity contribution in [3.8, 4) is 0 Å². The lowest BCUT2D eigenvalue weighted by Crippen LogP contribution is -2.41. The van der Waals surface area contributed by atoms with Crippen LogP contribution < -0.4 is 10.6 Å². The van der Waals surface area contributed by atoms with Crippen LogP contribution in [0.5, 0.6) is 0 Å². The van der Waals surface area contributed by atoms with Crippen molar-refractivity contribution in [2.24, 2.45) is 4.99 Å². The average molecular weight is 384 g/mol. The van der Waals surface area contributed by atoms with Crippen molar-refractivity contribution in [2.75, 3.05) is 20.1 Å². The molecular weight excluding hydrogens is 357 g/mol. The summed E-state index contributed by atoms with van der Waals surface area (Å²) in [5, 5.41) is 6.19. The van der Waals surface area contributed by atoms with Gasteiger partial charge in [-0.2, -0.15) is 13.2 Å². The number of nitrogens with one attached hydrogen (secondary N) is 2. The SMILES string of the molecule is CCC(CCNC(=NC)NCc1cccc(C(F)(F)F)c1)N1CCCC1=O. The molecule has 0 aliphatic carbocycles. The molecule has 1 saturated heterocycles. The van der Waals surface area contributed by atoms with E-state index in [1.165, 1.54) is 6.07 Å². The third-order valence-corrected chi connectivity index (χ3v) is 4.73. The normalized spacial score (nSPS) is 16.6. The summed E-state index contributed by atoms with van der Waals surface area (Å²) >= 11 is 0. The van der Waals surface area contributed by atoms with Crippen LogP contribution in [-0.2, 0) is 17.5 Å². The molecule has 1 fully saturated rings. The molecule has 5 nitrogen and oxygen atoms in total. The second-order valence-electron chi connectivity index (χ2n) is 6.59. The van der Waals surface area contributed by atoms with Gasteiger partial charge in [0.15, 0.2) is 5.96 Å². The zero-order chi connectivity index (χ0) is 19.9. The van der Waals surface area contributed by atoms with E-state index in [1.807, 2.05) is 4.90 Å². The Hall–Kier alpha value is -2.25. The molecule has 1 aliphatic heterocycles. The smallest absolute Gasteiger partial charge is 0.356 e. The van der Waals surface area contributed by atoms with Crippen LogP contribution >= 0.6 is 0 Å². The number of hydrogen-bond acceptors (Lipinski definition) is 2. The summed E-state index contributed by atoms with van der Waals surface area (Å²) in [6.45, 7) is 3.76. The summed E-state index contributed by atoms with van der Waals surface area (Å²) in [6, 6.07) is 5.43. The maximum Gasteiger partial charge on any atom is 0.416 e. The number of benzene rings is 1. The molecule has 1 aromatic rings. The predicted molar refractivity (Wildman–Crippen MR) is 99.3 cm³/mol. The minimum absolute atomic E-state index is 0.203. The van der Waals surface area contributed by atoms with Gasteiger partial charge in [-0.25, -0.2) is 0 Å². The van der Waals surface area contributed by atoms with E-state index in [0.717, 1.165) is 37.9 Å². The molecule has 8 heteroatoms. The van der Waals surface area contributed by atoms with Crippen molar-refractivity contribution < 1.29 is 18.0 Å². The first-order chi connectivity index (χ1) is 12.8. The molecule has 1 aromatic carbocycles. The zero-order valence-corrected chi connectivity index (χ0v) is 15.8. The third kappa shape index (κ3) is 6.15. The number of rotatable bonds is 7. The quantitative estimate of drug-likeness (QED) is 0.561. The lowest BCUT2D eigenvalue weighted by atomic mass is 10.1. The van der Waals surface area contributed by atoms with Crippen LogP contribution in [0.2, 0.25) is 0 Å². The molecule has 150 valence electrons. The van der Waals surface area contributed by atoms with Gasteiger partial charge in [-0.3, -0.25) is 9.79 Å². The first-order valence-corrected chi connectivity index (χ1v) is 9.25. The Morgan fingerprint density at radius 1 is 1.33 bits per heavy atom. The van der Waals surface area contributed by atoms with Gasteiger partial charge in [-0.05, 0) is 37.0 Å². The maximum atomic E-state index is 12.8. The fraction of sp³-hybridized carbons (Fsp3) is 0.579. The molecule has 0 aromatic heterocycles. The average Bonchev–Trinajstić information content (AvgIpc) is 3.06. The molecule has 0 radical (unpaired) electrons. The van der Waals surface area contributed by atoms with E-state index in [2.05, 4.69) is 22.5 Å². The molecular formula is C19H27F3N4O. The topological polar surface area (TPSA) is 56.7 Å². The molecule has 27 heavy (non-hydrogen) atoms. The van der Waals surface area contributed by atoms with Gasteiger partial charge in [0.2, 0.25) is 5.91 Å². The Morgan fingerprint density at radius 2 is 2.11 bits per heavy atom. The number of halogens is 3. The van der Waals surface area contributed by atoms with Gasteiger partial charge in [-0.15, -0.1) is 0 Å². The third-order valence-electron chi connectivity index (χ3n) is 4.73. The Balaban J connectivity index is 1.81. The van der Waals surface area contributed by atoms with E-state index < -0.39 is 11.7 Å². The maximum absolute atomic E-state index is 12.8. The first-order valence-electron chi connectivity index (χ1n) is 9.25. The number of guanidine groups is 1. The van der Waals surface area contributed by atoms with Gasteiger partial charge in [-0.1, -0.05) is 19.1 Å².